The van der Waals surface area contributed by atoms with E-state index >= 15 is 0 Å². The Morgan fingerprint density at radius 3 is 2.83 bits per heavy atom. The number of pyridine rings is 1. The third kappa shape index (κ3) is 2.81. The fourth-order valence-corrected chi connectivity index (χ4v) is 2.45. The van der Waals surface area contributed by atoms with Crippen molar-refractivity contribution in [3.63, 3.8) is 0 Å². The number of nitrogen functional groups attached to an aromatic ring is 1. The second-order valence-electron chi connectivity index (χ2n) is 5.28. The highest BCUT2D eigenvalue weighted by Crippen LogP contribution is 2.31. The highest BCUT2D eigenvalue weighted by Gasteiger charge is 2.26. The summed E-state index contributed by atoms with van der Waals surface area (Å²) in [5, 5.41) is 7.52. The smallest absolute Gasteiger partial charge is 0.224 e. The number of nitrogens with zero attached hydrogens (tertiary/aromatic N) is 1. The van der Waals surface area contributed by atoms with E-state index in [1.807, 2.05) is 0 Å². The van der Waals surface area contributed by atoms with Crippen molar-refractivity contribution in [3.8, 4) is 5.88 Å². The molecule has 0 bridgehead atoms. The molecule has 1 fully saturated rings. The Balaban J connectivity index is 2.08. The molecule has 4 heteroatoms. The molecule has 2 rings (SSSR count). The number of nitrogens with two attached hydrogens (primary N) is 1. The first-order valence-corrected chi connectivity index (χ1v) is 6.54. The summed E-state index contributed by atoms with van der Waals surface area (Å²) in [7, 11) is 0. The quantitative estimate of drug-likeness (QED) is 0.637. The molecule has 0 amide bonds. The lowest BCUT2D eigenvalue weighted by Crippen LogP contribution is -2.29. The zero-order chi connectivity index (χ0) is 13.1. The molecule has 1 heterocycles. The van der Waals surface area contributed by atoms with Crippen LogP contribution in [0.15, 0.2) is 18.3 Å². The third-order valence-corrected chi connectivity index (χ3v) is 3.89. The molecule has 0 radical (unpaired) electrons. The fourth-order valence-electron chi connectivity index (χ4n) is 2.45. The first-order chi connectivity index (χ1) is 8.58. The zero-order valence-electron chi connectivity index (χ0n) is 11.0. The minimum Gasteiger partial charge on any atom is -0.474 e. The monoisotopic (exact) mass is 247 g/mol. The number of aromatic nitrogens is 1. The van der Waals surface area contributed by atoms with E-state index in [0.717, 1.165) is 18.8 Å². The van der Waals surface area contributed by atoms with Crippen molar-refractivity contribution >= 4 is 5.84 Å². The normalized spacial score (nSPS) is 27.8. The summed E-state index contributed by atoms with van der Waals surface area (Å²) in [5.74, 6) is 1.95. The molecule has 0 saturated heterocycles. The van der Waals surface area contributed by atoms with Gasteiger partial charge in [-0.15, -0.1) is 0 Å². The fraction of sp³-hybridized carbons (Fsp3) is 0.571. The standard InChI is InChI=1S/C14H21N3O/c1-9-5-6-11(8-10(9)2)18-14-12(13(15)16)4-3-7-17-14/h3-4,7,9-11H,5-6,8H2,1-2H3,(H3,15,16). The van der Waals surface area contributed by atoms with Gasteiger partial charge in [0.05, 0.1) is 5.56 Å². The summed E-state index contributed by atoms with van der Waals surface area (Å²) >= 11 is 0. The number of hydrogen-bond donors (Lipinski definition) is 2. The van der Waals surface area contributed by atoms with Crippen molar-refractivity contribution in [1.82, 2.24) is 4.98 Å². The van der Waals surface area contributed by atoms with Crippen molar-refractivity contribution in [2.75, 3.05) is 0 Å². The van der Waals surface area contributed by atoms with Crippen LogP contribution in [0.4, 0.5) is 0 Å². The van der Waals surface area contributed by atoms with E-state index in [1.54, 1.807) is 18.3 Å². The van der Waals surface area contributed by atoms with Crippen LogP contribution in [0, 0.1) is 17.2 Å². The summed E-state index contributed by atoms with van der Waals surface area (Å²) in [6, 6.07) is 3.55. The zero-order valence-corrected chi connectivity index (χ0v) is 11.0. The van der Waals surface area contributed by atoms with E-state index in [9.17, 15) is 0 Å². The van der Waals surface area contributed by atoms with E-state index in [1.165, 1.54) is 6.42 Å². The van der Waals surface area contributed by atoms with E-state index < -0.39 is 0 Å². The van der Waals surface area contributed by atoms with Crippen molar-refractivity contribution in [1.29, 1.82) is 5.41 Å². The molecule has 3 N–H and O–H groups in total. The lowest BCUT2D eigenvalue weighted by Gasteiger charge is -2.32. The Kier molecular flexibility index (Phi) is 3.84. The molecular formula is C14H21N3O. The van der Waals surface area contributed by atoms with Crippen LogP contribution in [-0.2, 0) is 0 Å². The Morgan fingerprint density at radius 1 is 1.39 bits per heavy atom. The minimum absolute atomic E-state index is 0.00956. The van der Waals surface area contributed by atoms with Gasteiger partial charge in [0.2, 0.25) is 5.88 Å². The highest BCUT2D eigenvalue weighted by molar-refractivity contribution is 5.96. The summed E-state index contributed by atoms with van der Waals surface area (Å²) in [6.07, 6.45) is 5.17. The predicted molar refractivity (Wildman–Crippen MR) is 71.8 cm³/mol. The molecule has 18 heavy (non-hydrogen) atoms. The van der Waals surface area contributed by atoms with E-state index in [-0.39, 0.29) is 11.9 Å². The van der Waals surface area contributed by atoms with Gasteiger partial charge in [-0.05, 0) is 43.2 Å². The Morgan fingerprint density at radius 2 is 2.17 bits per heavy atom. The number of hydrogen-bond acceptors (Lipinski definition) is 3. The molecule has 98 valence electrons. The van der Waals surface area contributed by atoms with Gasteiger partial charge in [-0.2, -0.15) is 0 Å². The Bertz CT molecular complexity index is 433. The SMILES string of the molecule is CC1CCC(Oc2ncccc2C(=N)N)CC1C. The highest BCUT2D eigenvalue weighted by atomic mass is 16.5. The molecule has 4 nitrogen and oxygen atoms in total. The number of amidine groups is 1. The van der Waals surface area contributed by atoms with Crippen LogP contribution in [-0.4, -0.2) is 16.9 Å². The summed E-state index contributed by atoms with van der Waals surface area (Å²) in [5.41, 5.74) is 6.12. The van der Waals surface area contributed by atoms with E-state index in [0.29, 0.717) is 17.4 Å². The lowest BCUT2D eigenvalue weighted by atomic mass is 9.80. The molecule has 1 aromatic rings. The molecule has 1 aromatic heterocycles. The van der Waals surface area contributed by atoms with Crippen LogP contribution in [0.1, 0.15) is 38.7 Å². The van der Waals surface area contributed by atoms with Gasteiger partial charge in [0, 0.05) is 6.20 Å². The van der Waals surface area contributed by atoms with Gasteiger partial charge in [-0.3, -0.25) is 5.41 Å². The number of nitrogens with one attached hydrogen (secondary N) is 1. The Hall–Kier alpha value is -1.58. The van der Waals surface area contributed by atoms with Gasteiger partial charge in [0.25, 0.3) is 0 Å². The van der Waals surface area contributed by atoms with E-state index in [2.05, 4.69) is 18.8 Å². The van der Waals surface area contributed by atoms with Gasteiger partial charge in [0.1, 0.15) is 11.9 Å². The second-order valence-corrected chi connectivity index (χ2v) is 5.28. The number of rotatable bonds is 3. The first kappa shape index (κ1) is 12.9. The van der Waals surface area contributed by atoms with Crippen LogP contribution in [0.2, 0.25) is 0 Å². The first-order valence-electron chi connectivity index (χ1n) is 6.54. The number of ether oxygens (including phenoxy) is 1. The van der Waals surface area contributed by atoms with Gasteiger partial charge in [0.15, 0.2) is 0 Å². The van der Waals surface area contributed by atoms with Crippen LogP contribution < -0.4 is 10.5 Å². The van der Waals surface area contributed by atoms with Gasteiger partial charge < -0.3 is 10.5 Å². The van der Waals surface area contributed by atoms with Gasteiger partial charge in [-0.1, -0.05) is 13.8 Å². The maximum atomic E-state index is 7.52. The summed E-state index contributed by atoms with van der Waals surface area (Å²) in [6.45, 7) is 4.56. The molecular weight excluding hydrogens is 226 g/mol. The van der Waals surface area contributed by atoms with Crippen molar-refractivity contribution in [3.05, 3.63) is 23.9 Å². The van der Waals surface area contributed by atoms with E-state index in [4.69, 9.17) is 15.9 Å². The third-order valence-electron chi connectivity index (χ3n) is 3.89. The van der Waals surface area contributed by atoms with Crippen LogP contribution >= 0.6 is 0 Å². The average molecular weight is 247 g/mol. The predicted octanol–water partition coefficient (Wildman–Crippen LogP) is 2.57. The van der Waals surface area contributed by atoms with Crippen LogP contribution in [0.5, 0.6) is 5.88 Å². The molecule has 0 aliphatic heterocycles. The molecule has 1 aliphatic carbocycles. The topological polar surface area (TPSA) is 72.0 Å². The summed E-state index contributed by atoms with van der Waals surface area (Å²) < 4.78 is 5.93. The molecule has 0 aromatic carbocycles. The van der Waals surface area contributed by atoms with Crippen LogP contribution in [0.3, 0.4) is 0 Å². The van der Waals surface area contributed by atoms with Crippen molar-refractivity contribution in [2.45, 2.75) is 39.2 Å². The van der Waals surface area contributed by atoms with Crippen molar-refractivity contribution in [2.24, 2.45) is 17.6 Å². The summed E-state index contributed by atoms with van der Waals surface area (Å²) in [4.78, 5) is 4.20. The van der Waals surface area contributed by atoms with Gasteiger partial charge >= 0.3 is 0 Å². The molecule has 1 aliphatic rings. The lowest BCUT2D eigenvalue weighted by molar-refractivity contribution is 0.0963. The van der Waals surface area contributed by atoms with Crippen molar-refractivity contribution < 1.29 is 4.74 Å². The molecule has 3 unspecified atom stereocenters. The molecule has 3 atom stereocenters. The minimum atomic E-state index is 0.00956. The maximum absolute atomic E-state index is 7.52. The molecule has 0 spiro atoms. The molecule has 1 saturated carbocycles. The largest absolute Gasteiger partial charge is 0.474 e. The van der Waals surface area contributed by atoms with Crippen LogP contribution in [0.25, 0.3) is 0 Å². The van der Waals surface area contributed by atoms with Gasteiger partial charge in [-0.25, -0.2) is 4.98 Å². The Labute approximate surface area is 108 Å². The second kappa shape index (κ2) is 5.38. The maximum Gasteiger partial charge on any atom is 0.224 e. The average Bonchev–Trinajstić information content (AvgIpc) is 2.34.